The number of nitrogens with one attached hydrogen (secondary N) is 1. The number of pyridine rings is 1. The molecule has 0 saturated carbocycles. The molecular formula is C21H18ClN3O2. The van der Waals surface area contributed by atoms with Crippen molar-refractivity contribution in [1.29, 1.82) is 0 Å². The van der Waals surface area contributed by atoms with Crippen LogP contribution in [0.1, 0.15) is 11.1 Å². The van der Waals surface area contributed by atoms with Gasteiger partial charge in [0.25, 0.3) is 5.69 Å². The highest BCUT2D eigenvalue weighted by molar-refractivity contribution is 6.09. The zero-order valence-electron chi connectivity index (χ0n) is 14.9. The summed E-state index contributed by atoms with van der Waals surface area (Å²) in [6.45, 7) is 3.97. The number of aryl methyl sites for hydroxylation is 2. The van der Waals surface area contributed by atoms with E-state index in [-0.39, 0.29) is 23.0 Å². The molecule has 4 aromatic rings. The molecule has 0 spiro atoms. The minimum Gasteiger partial charge on any atom is -0.354 e. The number of halogens is 1. The Morgan fingerprint density at radius 3 is 2.44 bits per heavy atom. The second-order valence-electron chi connectivity index (χ2n) is 6.41. The van der Waals surface area contributed by atoms with Crippen LogP contribution in [-0.2, 0) is 0 Å². The third-order valence-electron chi connectivity index (χ3n) is 4.53. The van der Waals surface area contributed by atoms with Gasteiger partial charge in [0.15, 0.2) is 0 Å². The second-order valence-corrected chi connectivity index (χ2v) is 6.41. The summed E-state index contributed by atoms with van der Waals surface area (Å²) >= 11 is 0. The lowest BCUT2D eigenvalue weighted by atomic mass is 10.0. The van der Waals surface area contributed by atoms with Gasteiger partial charge in [-0.1, -0.05) is 35.9 Å². The summed E-state index contributed by atoms with van der Waals surface area (Å²) in [5.74, 6) is 0. The number of para-hydroxylation sites is 1. The number of fused-ring (bicyclic) bond motifs is 2. The Hall–Kier alpha value is -3.18. The van der Waals surface area contributed by atoms with Crippen molar-refractivity contribution in [2.75, 3.05) is 5.32 Å². The van der Waals surface area contributed by atoms with Crippen LogP contribution in [0.15, 0.2) is 60.7 Å². The molecule has 136 valence electrons. The number of hydrogen-bond acceptors (Lipinski definition) is 4. The molecule has 3 aromatic carbocycles. The number of nitro benzene ring substituents is 1. The van der Waals surface area contributed by atoms with Gasteiger partial charge in [-0.2, -0.15) is 0 Å². The summed E-state index contributed by atoms with van der Waals surface area (Å²) in [5.41, 5.74) is 5.55. The number of hydrogen-bond donors (Lipinski definition) is 1. The van der Waals surface area contributed by atoms with Gasteiger partial charge in [0.1, 0.15) is 0 Å². The molecule has 0 aliphatic rings. The summed E-state index contributed by atoms with van der Waals surface area (Å²) in [6, 6.07) is 18.9. The molecule has 5 nitrogen and oxygen atoms in total. The van der Waals surface area contributed by atoms with Gasteiger partial charge in [0.2, 0.25) is 0 Å². The number of benzene rings is 3. The molecular weight excluding hydrogens is 362 g/mol. The van der Waals surface area contributed by atoms with E-state index in [1.165, 1.54) is 6.07 Å². The first-order chi connectivity index (χ1) is 12.5. The van der Waals surface area contributed by atoms with Crippen molar-refractivity contribution in [1.82, 2.24) is 4.98 Å². The largest absolute Gasteiger partial charge is 0.354 e. The van der Waals surface area contributed by atoms with Crippen molar-refractivity contribution < 1.29 is 4.92 Å². The maximum Gasteiger partial charge on any atom is 0.271 e. The molecule has 0 saturated heterocycles. The zero-order valence-corrected chi connectivity index (χ0v) is 15.7. The molecule has 0 bridgehead atoms. The van der Waals surface area contributed by atoms with Crippen LogP contribution >= 0.6 is 12.4 Å². The first-order valence-corrected chi connectivity index (χ1v) is 8.34. The Morgan fingerprint density at radius 1 is 0.926 bits per heavy atom. The molecule has 4 rings (SSSR count). The van der Waals surface area contributed by atoms with Crippen LogP contribution in [-0.4, -0.2) is 9.91 Å². The number of nitrogens with zero attached hydrogens (tertiary/aromatic N) is 2. The highest BCUT2D eigenvalue weighted by Gasteiger charge is 2.13. The number of non-ortho nitro benzene ring substituents is 1. The number of nitro groups is 1. The third-order valence-corrected chi connectivity index (χ3v) is 4.53. The van der Waals surface area contributed by atoms with E-state index in [9.17, 15) is 10.1 Å². The Bertz CT molecular complexity index is 1170. The van der Waals surface area contributed by atoms with Gasteiger partial charge in [0, 0.05) is 28.6 Å². The summed E-state index contributed by atoms with van der Waals surface area (Å²) in [7, 11) is 0. The van der Waals surface area contributed by atoms with Crippen LogP contribution in [0.2, 0.25) is 0 Å². The van der Waals surface area contributed by atoms with Crippen molar-refractivity contribution >= 4 is 51.3 Å². The van der Waals surface area contributed by atoms with E-state index in [1.54, 1.807) is 12.1 Å². The molecule has 0 radical (unpaired) electrons. The van der Waals surface area contributed by atoms with Crippen molar-refractivity contribution in [3.63, 3.8) is 0 Å². The molecule has 1 N–H and O–H groups in total. The predicted octanol–water partition coefficient (Wildman–Crippen LogP) is 6.08. The van der Waals surface area contributed by atoms with Crippen LogP contribution < -0.4 is 5.32 Å². The molecule has 0 unspecified atom stereocenters. The standard InChI is InChI=1S/C21H17N3O2.ClH/c1-13-7-10-19-17(11-13)21(16-5-3-4-6-18(16)22-19)23-20-12-15(24(25)26)9-8-14(20)2;/h3-12H,1-2H3,(H,22,23);1H. The van der Waals surface area contributed by atoms with E-state index in [2.05, 4.69) is 11.4 Å². The van der Waals surface area contributed by atoms with Gasteiger partial charge in [0.05, 0.1) is 21.6 Å². The Labute approximate surface area is 162 Å². The number of rotatable bonds is 3. The topological polar surface area (TPSA) is 68.1 Å². The fourth-order valence-corrected chi connectivity index (χ4v) is 3.13. The fraction of sp³-hybridized carbons (Fsp3) is 0.0952. The minimum absolute atomic E-state index is 0. The van der Waals surface area contributed by atoms with Gasteiger partial charge >= 0.3 is 0 Å². The van der Waals surface area contributed by atoms with Gasteiger partial charge in [-0.15, -0.1) is 12.4 Å². The van der Waals surface area contributed by atoms with Crippen molar-refractivity contribution in [3.05, 3.63) is 81.9 Å². The van der Waals surface area contributed by atoms with E-state index >= 15 is 0 Å². The molecule has 1 aromatic heterocycles. The van der Waals surface area contributed by atoms with E-state index in [0.717, 1.165) is 44.3 Å². The Balaban J connectivity index is 0.00000210. The molecule has 6 heteroatoms. The molecule has 0 aliphatic heterocycles. The summed E-state index contributed by atoms with van der Waals surface area (Å²) in [5, 5.41) is 16.6. The van der Waals surface area contributed by atoms with Crippen molar-refractivity contribution in [2.45, 2.75) is 13.8 Å². The minimum atomic E-state index is -0.377. The average Bonchev–Trinajstić information content (AvgIpc) is 2.63. The predicted molar refractivity (Wildman–Crippen MR) is 112 cm³/mol. The normalized spacial score (nSPS) is 10.6. The molecule has 1 heterocycles. The van der Waals surface area contributed by atoms with Gasteiger partial charge < -0.3 is 5.32 Å². The van der Waals surface area contributed by atoms with Crippen LogP contribution in [0.4, 0.5) is 17.1 Å². The highest BCUT2D eigenvalue weighted by atomic mass is 35.5. The second kappa shape index (κ2) is 7.21. The number of aromatic nitrogens is 1. The Morgan fingerprint density at radius 2 is 1.67 bits per heavy atom. The lowest BCUT2D eigenvalue weighted by Gasteiger charge is -2.15. The highest BCUT2D eigenvalue weighted by Crippen LogP contribution is 2.35. The van der Waals surface area contributed by atoms with Crippen molar-refractivity contribution in [3.8, 4) is 0 Å². The lowest BCUT2D eigenvalue weighted by Crippen LogP contribution is -1.98. The molecule has 0 amide bonds. The molecule has 0 aliphatic carbocycles. The van der Waals surface area contributed by atoms with Gasteiger partial charge in [-0.3, -0.25) is 10.1 Å². The van der Waals surface area contributed by atoms with E-state index in [4.69, 9.17) is 4.98 Å². The van der Waals surface area contributed by atoms with Crippen LogP contribution in [0.5, 0.6) is 0 Å². The smallest absolute Gasteiger partial charge is 0.271 e. The average molecular weight is 380 g/mol. The zero-order chi connectivity index (χ0) is 18.3. The maximum absolute atomic E-state index is 11.2. The molecule has 27 heavy (non-hydrogen) atoms. The van der Waals surface area contributed by atoms with E-state index < -0.39 is 0 Å². The van der Waals surface area contributed by atoms with E-state index in [1.807, 2.05) is 50.2 Å². The first-order valence-electron chi connectivity index (χ1n) is 8.34. The van der Waals surface area contributed by atoms with Crippen LogP contribution in [0.25, 0.3) is 21.8 Å². The maximum atomic E-state index is 11.2. The lowest BCUT2D eigenvalue weighted by molar-refractivity contribution is -0.384. The van der Waals surface area contributed by atoms with E-state index in [0.29, 0.717) is 0 Å². The fourth-order valence-electron chi connectivity index (χ4n) is 3.13. The Kier molecular flexibility index (Phi) is 4.97. The van der Waals surface area contributed by atoms with Crippen LogP contribution in [0, 0.1) is 24.0 Å². The first kappa shape index (κ1) is 18.6. The monoisotopic (exact) mass is 379 g/mol. The molecule has 0 atom stereocenters. The van der Waals surface area contributed by atoms with Gasteiger partial charge in [-0.25, -0.2) is 4.98 Å². The third kappa shape index (κ3) is 3.41. The van der Waals surface area contributed by atoms with Crippen LogP contribution in [0.3, 0.4) is 0 Å². The summed E-state index contributed by atoms with van der Waals surface area (Å²) in [6.07, 6.45) is 0. The van der Waals surface area contributed by atoms with Crippen molar-refractivity contribution in [2.24, 2.45) is 0 Å². The summed E-state index contributed by atoms with van der Waals surface area (Å²) in [4.78, 5) is 15.5. The molecule has 0 fully saturated rings. The quantitative estimate of drug-likeness (QED) is 0.266. The van der Waals surface area contributed by atoms with Gasteiger partial charge in [-0.05, 0) is 37.6 Å². The number of anilines is 2. The summed E-state index contributed by atoms with van der Waals surface area (Å²) < 4.78 is 0. The SMILES string of the molecule is Cc1ccc2nc3ccccc3c(Nc3cc([N+](=O)[O-])ccc3C)c2c1.Cl.